The van der Waals surface area contributed by atoms with Crippen molar-refractivity contribution in [2.45, 2.75) is 27.0 Å². The first-order valence-electron chi connectivity index (χ1n) is 12.0. The predicted octanol–water partition coefficient (Wildman–Crippen LogP) is 3.97. The first kappa shape index (κ1) is 25.4. The van der Waals surface area contributed by atoms with Crippen molar-refractivity contribution in [2.75, 3.05) is 5.32 Å². The number of carbonyl (C=O) groups excluding carboxylic acids is 1. The van der Waals surface area contributed by atoms with Crippen LogP contribution in [0.5, 0.6) is 5.75 Å². The van der Waals surface area contributed by atoms with Gasteiger partial charge in [-0.3, -0.25) is 19.0 Å². The Morgan fingerprint density at radius 2 is 2.03 bits per heavy atom. The van der Waals surface area contributed by atoms with E-state index in [9.17, 15) is 9.59 Å². The largest absolute Gasteiger partial charge is 0.482 e. The highest BCUT2D eigenvalue weighted by Crippen LogP contribution is 2.34. The maximum atomic E-state index is 15.2. The van der Waals surface area contributed by atoms with Crippen molar-refractivity contribution in [3.63, 3.8) is 0 Å². The van der Waals surface area contributed by atoms with Gasteiger partial charge in [0.15, 0.2) is 17.4 Å². The number of aromatic nitrogens is 5. The Kier molecular flexibility index (Phi) is 6.68. The van der Waals surface area contributed by atoms with Crippen LogP contribution >= 0.6 is 0 Å². The standard InChI is InChI=1S/C28H24FN7O3/c1-16-7-21(19-9-17(2)27(22(29)11-19)39-14-24-31-15-32-34-24)26-23(8-16)36(28(38)35(26)3)13-25(37)33-20-6-4-5-18(10-20)12-30/h4-11,15H,13-14H2,1-3H3,(H,33,37)(H,31,32,34). The minimum Gasteiger partial charge on any atom is -0.482 e. The van der Waals surface area contributed by atoms with E-state index in [1.807, 2.05) is 25.1 Å². The van der Waals surface area contributed by atoms with Crippen molar-refractivity contribution < 1.29 is 13.9 Å². The number of imidazole rings is 1. The van der Waals surface area contributed by atoms with Gasteiger partial charge in [0.05, 0.1) is 22.7 Å². The van der Waals surface area contributed by atoms with Crippen LogP contribution in [0.3, 0.4) is 0 Å². The fraction of sp³-hybridized carbons (Fsp3) is 0.179. The lowest BCUT2D eigenvalue weighted by molar-refractivity contribution is -0.116. The van der Waals surface area contributed by atoms with E-state index in [-0.39, 0.29) is 24.6 Å². The normalized spacial score (nSPS) is 10.9. The molecule has 0 aliphatic rings. The zero-order valence-corrected chi connectivity index (χ0v) is 21.4. The molecule has 5 rings (SSSR count). The van der Waals surface area contributed by atoms with Crippen molar-refractivity contribution in [1.29, 1.82) is 5.26 Å². The van der Waals surface area contributed by atoms with Gasteiger partial charge in [0.1, 0.15) is 19.5 Å². The van der Waals surface area contributed by atoms with Crippen LogP contribution in [-0.4, -0.2) is 30.2 Å². The van der Waals surface area contributed by atoms with Crippen LogP contribution in [0.4, 0.5) is 10.1 Å². The van der Waals surface area contributed by atoms with Crippen molar-refractivity contribution in [2.24, 2.45) is 7.05 Å². The molecule has 10 nitrogen and oxygen atoms in total. The Bertz CT molecular complexity index is 1790. The summed E-state index contributed by atoms with van der Waals surface area (Å²) in [7, 11) is 1.62. The monoisotopic (exact) mass is 525 g/mol. The Morgan fingerprint density at radius 1 is 1.21 bits per heavy atom. The van der Waals surface area contributed by atoms with Crippen LogP contribution in [0, 0.1) is 31.0 Å². The molecule has 0 spiro atoms. The third kappa shape index (κ3) is 5.00. The average Bonchev–Trinajstić information content (AvgIpc) is 3.51. The second-order valence-corrected chi connectivity index (χ2v) is 9.17. The van der Waals surface area contributed by atoms with Crippen LogP contribution in [0.25, 0.3) is 22.2 Å². The molecule has 1 amide bonds. The van der Waals surface area contributed by atoms with Gasteiger partial charge in [-0.25, -0.2) is 14.2 Å². The number of anilines is 1. The van der Waals surface area contributed by atoms with Gasteiger partial charge in [0, 0.05) is 18.3 Å². The minimum absolute atomic E-state index is 0.0337. The van der Waals surface area contributed by atoms with Crippen LogP contribution in [0.2, 0.25) is 0 Å². The molecule has 39 heavy (non-hydrogen) atoms. The maximum absolute atomic E-state index is 15.2. The van der Waals surface area contributed by atoms with Crippen LogP contribution in [0.1, 0.15) is 22.5 Å². The molecule has 2 aromatic heterocycles. The number of amides is 1. The van der Waals surface area contributed by atoms with E-state index >= 15 is 4.39 Å². The number of carbonyl (C=O) groups is 1. The molecule has 0 atom stereocenters. The number of benzene rings is 3. The molecule has 3 aromatic carbocycles. The third-order valence-electron chi connectivity index (χ3n) is 6.31. The number of ether oxygens (including phenoxy) is 1. The molecule has 2 N–H and O–H groups in total. The summed E-state index contributed by atoms with van der Waals surface area (Å²) in [6.45, 7) is 3.41. The highest BCUT2D eigenvalue weighted by Gasteiger charge is 2.20. The number of H-pyrrole nitrogens is 1. The summed E-state index contributed by atoms with van der Waals surface area (Å²) < 4.78 is 23.7. The molecule has 0 saturated carbocycles. The van der Waals surface area contributed by atoms with Gasteiger partial charge in [0.2, 0.25) is 5.91 Å². The first-order chi connectivity index (χ1) is 18.7. The summed E-state index contributed by atoms with van der Waals surface area (Å²) in [6.07, 6.45) is 1.35. The van der Waals surface area contributed by atoms with Crippen molar-refractivity contribution in [3.05, 3.63) is 93.7 Å². The van der Waals surface area contributed by atoms with Gasteiger partial charge < -0.3 is 10.1 Å². The molecule has 196 valence electrons. The molecule has 0 unspecified atom stereocenters. The van der Waals surface area contributed by atoms with Crippen LogP contribution in [0.15, 0.2) is 59.7 Å². The van der Waals surface area contributed by atoms with Crippen LogP contribution < -0.4 is 15.7 Å². The van der Waals surface area contributed by atoms with Gasteiger partial charge >= 0.3 is 5.69 Å². The molecule has 0 fully saturated rings. The van der Waals surface area contributed by atoms with Crippen molar-refractivity contribution >= 4 is 22.6 Å². The zero-order chi connectivity index (χ0) is 27.7. The summed E-state index contributed by atoms with van der Waals surface area (Å²) in [6, 6.07) is 15.4. The van der Waals surface area contributed by atoms with E-state index in [1.54, 1.807) is 44.3 Å². The minimum atomic E-state index is -0.553. The molecule has 0 radical (unpaired) electrons. The third-order valence-corrected chi connectivity index (χ3v) is 6.31. The Labute approximate surface area is 222 Å². The highest BCUT2D eigenvalue weighted by atomic mass is 19.1. The summed E-state index contributed by atoms with van der Waals surface area (Å²) in [5.74, 6) is -0.403. The Morgan fingerprint density at radius 3 is 2.74 bits per heavy atom. The number of nitriles is 1. The van der Waals surface area contributed by atoms with E-state index in [0.717, 1.165) is 5.56 Å². The maximum Gasteiger partial charge on any atom is 0.329 e. The average molecular weight is 526 g/mol. The van der Waals surface area contributed by atoms with Gasteiger partial charge in [-0.15, -0.1) is 0 Å². The number of nitrogens with zero attached hydrogens (tertiary/aromatic N) is 5. The molecule has 0 bridgehead atoms. The molecular weight excluding hydrogens is 501 g/mol. The molecular formula is C28H24FN7O3. The highest BCUT2D eigenvalue weighted by molar-refractivity contribution is 5.96. The summed E-state index contributed by atoms with van der Waals surface area (Å²) in [5.41, 5.74) is 4.21. The van der Waals surface area contributed by atoms with Crippen molar-refractivity contribution in [1.82, 2.24) is 24.3 Å². The second-order valence-electron chi connectivity index (χ2n) is 9.17. The SMILES string of the molecule is Cc1cc(-c2cc(C)c(OCc3ncn[nH]3)c(F)c2)c2c(c1)n(CC(=O)Nc1cccc(C#N)c1)c(=O)n2C. The number of hydrogen-bond acceptors (Lipinski definition) is 6. The fourth-order valence-electron chi connectivity index (χ4n) is 4.59. The van der Waals surface area contributed by atoms with Crippen LogP contribution in [-0.2, 0) is 25.0 Å². The number of rotatable bonds is 7. The van der Waals surface area contributed by atoms with E-state index in [4.69, 9.17) is 10.00 Å². The van der Waals surface area contributed by atoms with E-state index in [1.165, 1.54) is 21.5 Å². The summed E-state index contributed by atoms with van der Waals surface area (Å²) >= 11 is 0. The molecule has 2 heterocycles. The van der Waals surface area contributed by atoms with Gasteiger partial charge in [-0.2, -0.15) is 10.4 Å². The number of fused-ring (bicyclic) bond motifs is 1. The topological polar surface area (TPSA) is 131 Å². The zero-order valence-electron chi connectivity index (χ0n) is 21.4. The quantitative estimate of drug-likeness (QED) is 0.331. The number of halogens is 1. The number of aryl methyl sites for hydroxylation is 3. The number of aromatic amines is 1. The molecule has 0 aliphatic carbocycles. The smallest absolute Gasteiger partial charge is 0.329 e. The van der Waals surface area contributed by atoms with Gasteiger partial charge in [-0.1, -0.05) is 6.07 Å². The molecule has 0 aliphatic heterocycles. The molecule has 11 heteroatoms. The summed E-state index contributed by atoms with van der Waals surface area (Å²) in [5, 5.41) is 18.3. The fourth-order valence-corrected chi connectivity index (χ4v) is 4.59. The number of nitrogens with one attached hydrogen (secondary N) is 2. The predicted molar refractivity (Wildman–Crippen MR) is 143 cm³/mol. The van der Waals surface area contributed by atoms with Crippen molar-refractivity contribution in [3.8, 4) is 22.9 Å². The second kappa shape index (κ2) is 10.3. The van der Waals surface area contributed by atoms with E-state index < -0.39 is 11.7 Å². The molecule has 0 saturated heterocycles. The van der Waals surface area contributed by atoms with Gasteiger partial charge in [0.25, 0.3) is 0 Å². The lowest BCUT2D eigenvalue weighted by atomic mass is 9.99. The Hall–Kier alpha value is -5.24. The lowest BCUT2D eigenvalue weighted by Crippen LogP contribution is -2.28. The van der Waals surface area contributed by atoms with E-state index in [0.29, 0.717) is 44.8 Å². The molecule has 5 aromatic rings. The first-order valence-corrected chi connectivity index (χ1v) is 12.0. The lowest BCUT2D eigenvalue weighted by Gasteiger charge is -2.13. The Balaban J connectivity index is 1.50. The van der Waals surface area contributed by atoms with E-state index in [2.05, 4.69) is 20.5 Å². The van der Waals surface area contributed by atoms with Gasteiger partial charge in [-0.05, 0) is 73.0 Å². The number of hydrogen-bond donors (Lipinski definition) is 2. The summed E-state index contributed by atoms with van der Waals surface area (Å²) in [4.78, 5) is 30.1.